The number of ether oxygens (including phenoxy) is 1. The van der Waals surface area contributed by atoms with E-state index >= 15 is 0 Å². The van der Waals surface area contributed by atoms with E-state index < -0.39 is 11.9 Å². The summed E-state index contributed by atoms with van der Waals surface area (Å²) in [5.41, 5.74) is 1.45. The van der Waals surface area contributed by atoms with E-state index in [0.29, 0.717) is 31.1 Å². The Hall–Kier alpha value is -2.45. The Balaban J connectivity index is 1.29. The molecule has 5 rings (SSSR count). The van der Waals surface area contributed by atoms with Crippen molar-refractivity contribution in [1.82, 2.24) is 15.1 Å². The van der Waals surface area contributed by atoms with Gasteiger partial charge in [-0.1, -0.05) is 0 Å². The van der Waals surface area contributed by atoms with Crippen LogP contribution in [0.2, 0.25) is 0 Å². The van der Waals surface area contributed by atoms with E-state index in [4.69, 9.17) is 4.74 Å². The molecule has 30 heavy (non-hydrogen) atoms. The summed E-state index contributed by atoms with van der Waals surface area (Å²) in [6, 6.07) is 5.24. The predicted octanol–water partition coefficient (Wildman–Crippen LogP) is 0.814. The van der Waals surface area contributed by atoms with Gasteiger partial charge < -0.3 is 14.7 Å². The van der Waals surface area contributed by atoms with E-state index in [1.165, 1.54) is 0 Å². The van der Waals surface area contributed by atoms with Crippen LogP contribution in [0.1, 0.15) is 54.4 Å². The Morgan fingerprint density at radius 2 is 1.97 bits per heavy atom. The van der Waals surface area contributed by atoms with Crippen LogP contribution in [0.4, 0.5) is 0 Å². The molecule has 0 bridgehead atoms. The van der Waals surface area contributed by atoms with Crippen molar-refractivity contribution in [1.29, 1.82) is 0 Å². The van der Waals surface area contributed by atoms with Crippen LogP contribution in [0.5, 0.6) is 5.75 Å². The quantitative estimate of drug-likeness (QED) is 0.709. The van der Waals surface area contributed by atoms with E-state index in [2.05, 4.69) is 10.2 Å². The minimum Gasteiger partial charge on any atom is -0.489 e. The predicted molar refractivity (Wildman–Crippen MR) is 107 cm³/mol. The lowest BCUT2D eigenvalue weighted by molar-refractivity contribution is -0.136. The molecule has 1 aromatic rings. The SMILES string of the molecule is O=C1CCC(N2Cc3cc(O[C@@H]4CCC[C@H]4N4CCC(O)C4)ccc3C2=O)C(=O)N1. The molecule has 1 aromatic carbocycles. The van der Waals surface area contributed by atoms with E-state index in [1.807, 2.05) is 12.1 Å². The fourth-order valence-corrected chi connectivity index (χ4v) is 5.33. The van der Waals surface area contributed by atoms with Crippen LogP contribution in [0.15, 0.2) is 18.2 Å². The molecule has 2 N–H and O–H groups in total. The molecular formula is C22H27N3O5. The van der Waals surface area contributed by atoms with Crippen molar-refractivity contribution >= 4 is 17.7 Å². The standard InChI is InChI=1S/C22H27N3O5/c26-14-8-9-24(12-14)17-2-1-3-19(17)30-15-4-5-16-13(10-15)11-25(22(16)29)18-6-7-20(27)23-21(18)28/h4-5,10,14,17-19,26H,1-3,6-9,11-12H2,(H,23,27,28)/t14?,17-,18?,19-/m1/s1. The Labute approximate surface area is 175 Å². The number of imide groups is 1. The maximum Gasteiger partial charge on any atom is 0.255 e. The first-order valence-electron chi connectivity index (χ1n) is 10.9. The lowest BCUT2D eigenvalue weighted by Crippen LogP contribution is -2.52. The average Bonchev–Trinajstić information content (AvgIpc) is 3.41. The van der Waals surface area contributed by atoms with Crippen LogP contribution >= 0.6 is 0 Å². The molecule has 3 aliphatic heterocycles. The lowest BCUT2D eigenvalue weighted by atomic mass is 10.0. The number of fused-ring (bicyclic) bond motifs is 1. The van der Waals surface area contributed by atoms with Gasteiger partial charge in [-0.2, -0.15) is 0 Å². The number of carbonyl (C=O) groups excluding carboxylic acids is 3. The number of aliphatic hydroxyl groups is 1. The number of carbonyl (C=O) groups is 3. The van der Waals surface area contributed by atoms with Gasteiger partial charge in [-0.05, 0) is 55.9 Å². The number of hydrogen-bond acceptors (Lipinski definition) is 6. The van der Waals surface area contributed by atoms with E-state index in [-0.39, 0.29) is 30.4 Å². The fraction of sp³-hybridized carbons (Fsp3) is 0.591. The molecule has 3 amide bonds. The molecule has 2 saturated heterocycles. The Bertz CT molecular complexity index is 888. The number of likely N-dealkylation sites (tertiary alicyclic amines) is 1. The summed E-state index contributed by atoms with van der Waals surface area (Å²) in [7, 11) is 0. The molecular weight excluding hydrogens is 386 g/mol. The number of hydrogen-bond donors (Lipinski definition) is 2. The van der Waals surface area contributed by atoms with Crippen LogP contribution in [-0.2, 0) is 16.1 Å². The molecule has 0 radical (unpaired) electrons. The summed E-state index contributed by atoms with van der Waals surface area (Å²) >= 11 is 0. The average molecular weight is 413 g/mol. The first-order chi connectivity index (χ1) is 14.5. The number of β-amino-alcohol motifs (C(OH)–C–C–N with tert-alkyl or cyclic N) is 1. The van der Waals surface area contributed by atoms with Gasteiger partial charge in [0, 0.05) is 37.7 Å². The molecule has 1 saturated carbocycles. The minimum absolute atomic E-state index is 0.0803. The second-order valence-electron chi connectivity index (χ2n) is 8.81. The molecule has 8 heteroatoms. The topological polar surface area (TPSA) is 99.2 Å². The van der Waals surface area contributed by atoms with Crippen LogP contribution in [0.25, 0.3) is 0 Å². The number of rotatable bonds is 4. The van der Waals surface area contributed by atoms with Gasteiger partial charge in [-0.15, -0.1) is 0 Å². The molecule has 2 unspecified atom stereocenters. The molecule has 160 valence electrons. The number of piperidine rings is 1. The second-order valence-corrected chi connectivity index (χ2v) is 8.81. The van der Waals surface area contributed by atoms with Gasteiger partial charge in [0.1, 0.15) is 17.9 Å². The van der Waals surface area contributed by atoms with E-state index in [9.17, 15) is 19.5 Å². The van der Waals surface area contributed by atoms with Crippen LogP contribution in [0, 0.1) is 0 Å². The summed E-state index contributed by atoms with van der Waals surface area (Å²) < 4.78 is 6.33. The summed E-state index contributed by atoms with van der Waals surface area (Å²) in [5, 5.41) is 12.2. The third kappa shape index (κ3) is 3.48. The van der Waals surface area contributed by atoms with Crippen molar-refractivity contribution in [3.05, 3.63) is 29.3 Å². The van der Waals surface area contributed by atoms with Gasteiger partial charge in [0.2, 0.25) is 11.8 Å². The summed E-state index contributed by atoms with van der Waals surface area (Å²) in [6.45, 7) is 1.97. The van der Waals surface area contributed by atoms with Gasteiger partial charge in [-0.25, -0.2) is 0 Å². The Kier molecular flexibility index (Phi) is 4.99. The highest BCUT2D eigenvalue weighted by Gasteiger charge is 2.40. The molecule has 4 aliphatic rings. The van der Waals surface area contributed by atoms with Crippen molar-refractivity contribution in [2.45, 2.75) is 69.4 Å². The van der Waals surface area contributed by atoms with Crippen LogP contribution in [0.3, 0.4) is 0 Å². The van der Waals surface area contributed by atoms with Crippen LogP contribution < -0.4 is 10.1 Å². The number of aliphatic hydroxyl groups excluding tert-OH is 1. The van der Waals surface area contributed by atoms with Crippen molar-refractivity contribution in [3.63, 3.8) is 0 Å². The van der Waals surface area contributed by atoms with E-state index in [1.54, 1.807) is 11.0 Å². The highest BCUT2D eigenvalue weighted by Crippen LogP contribution is 2.34. The normalized spacial score (nSPS) is 31.9. The molecule has 3 fully saturated rings. The molecule has 4 atom stereocenters. The lowest BCUT2D eigenvalue weighted by Gasteiger charge is -2.29. The largest absolute Gasteiger partial charge is 0.489 e. The summed E-state index contributed by atoms with van der Waals surface area (Å²) in [5.74, 6) is -0.114. The Morgan fingerprint density at radius 3 is 2.73 bits per heavy atom. The smallest absolute Gasteiger partial charge is 0.255 e. The molecule has 1 aliphatic carbocycles. The van der Waals surface area contributed by atoms with Gasteiger partial charge in [-0.3, -0.25) is 24.6 Å². The summed E-state index contributed by atoms with van der Waals surface area (Å²) in [4.78, 5) is 40.3. The number of amides is 3. The van der Waals surface area contributed by atoms with E-state index in [0.717, 1.165) is 43.5 Å². The molecule has 0 spiro atoms. The third-order valence-corrected chi connectivity index (χ3v) is 6.86. The van der Waals surface area contributed by atoms with Gasteiger partial charge >= 0.3 is 0 Å². The highest BCUT2D eigenvalue weighted by atomic mass is 16.5. The zero-order valence-corrected chi connectivity index (χ0v) is 16.9. The monoisotopic (exact) mass is 413 g/mol. The van der Waals surface area contributed by atoms with Crippen LogP contribution in [-0.4, -0.2) is 70.0 Å². The molecule has 0 aromatic heterocycles. The van der Waals surface area contributed by atoms with Crippen molar-refractivity contribution in [2.24, 2.45) is 0 Å². The van der Waals surface area contributed by atoms with Crippen molar-refractivity contribution in [2.75, 3.05) is 13.1 Å². The first-order valence-corrected chi connectivity index (χ1v) is 10.9. The third-order valence-electron chi connectivity index (χ3n) is 6.86. The summed E-state index contributed by atoms with van der Waals surface area (Å²) in [6.07, 6.45) is 4.43. The zero-order chi connectivity index (χ0) is 20.8. The number of nitrogens with one attached hydrogen (secondary N) is 1. The minimum atomic E-state index is -0.604. The van der Waals surface area contributed by atoms with Gasteiger partial charge in [0.25, 0.3) is 5.91 Å². The zero-order valence-electron chi connectivity index (χ0n) is 16.9. The van der Waals surface area contributed by atoms with Gasteiger partial charge in [0.05, 0.1) is 6.10 Å². The maximum atomic E-state index is 12.8. The van der Waals surface area contributed by atoms with Gasteiger partial charge in [0.15, 0.2) is 0 Å². The fourth-order valence-electron chi connectivity index (χ4n) is 5.33. The highest BCUT2D eigenvalue weighted by molar-refractivity contribution is 6.05. The van der Waals surface area contributed by atoms with Crippen molar-refractivity contribution < 1.29 is 24.2 Å². The van der Waals surface area contributed by atoms with Crippen molar-refractivity contribution in [3.8, 4) is 5.75 Å². The molecule has 8 nitrogen and oxygen atoms in total. The second kappa shape index (κ2) is 7.67. The number of nitrogens with zero attached hydrogens (tertiary/aromatic N) is 2. The Morgan fingerprint density at radius 1 is 1.10 bits per heavy atom. The maximum absolute atomic E-state index is 12.8. The molecule has 3 heterocycles. The first kappa shape index (κ1) is 19.5. The number of benzene rings is 1.